The monoisotopic (exact) mass is 151 g/mol. The third-order valence-corrected chi connectivity index (χ3v) is 2.14. The van der Waals surface area contributed by atoms with Crippen molar-refractivity contribution in [1.29, 1.82) is 0 Å². The molecule has 0 nitrogen and oxygen atoms in total. The molecule has 0 saturated heterocycles. The van der Waals surface area contributed by atoms with E-state index in [4.69, 9.17) is 6.42 Å². The molecule has 0 heteroatoms. The minimum absolute atomic E-state index is 0.841. The standard InChI is InChI=1S/C11H19/c1-4-7-9-11(6-3)10-8-5-2/h1,11H,2,5-10H2,3H3. The molecule has 0 aliphatic rings. The molecule has 0 heterocycles. The van der Waals surface area contributed by atoms with Crippen molar-refractivity contribution in [3.63, 3.8) is 0 Å². The predicted octanol–water partition coefficient (Wildman–Crippen LogP) is 3.43. The van der Waals surface area contributed by atoms with Crippen LogP contribution in [0.1, 0.15) is 45.4 Å². The summed E-state index contributed by atoms with van der Waals surface area (Å²) in [4.78, 5) is 0. The van der Waals surface area contributed by atoms with Crippen LogP contribution in [-0.2, 0) is 0 Å². The van der Waals surface area contributed by atoms with Crippen LogP contribution < -0.4 is 0 Å². The van der Waals surface area contributed by atoms with E-state index in [0.717, 1.165) is 18.8 Å². The fourth-order valence-corrected chi connectivity index (χ4v) is 1.27. The Labute approximate surface area is 71.4 Å². The fourth-order valence-electron chi connectivity index (χ4n) is 1.27. The summed E-state index contributed by atoms with van der Waals surface area (Å²) in [5.74, 6) is 3.53. The minimum Gasteiger partial charge on any atom is -0.120 e. The Morgan fingerprint density at radius 2 is 2.18 bits per heavy atom. The van der Waals surface area contributed by atoms with E-state index in [1.807, 2.05) is 0 Å². The molecule has 0 aliphatic carbocycles. The van der Waals surface area contributed by atoms with E-state index in [2.05, 4.69) is 19.8 Å². The lowest BCUT2D eigenvalue weighted by atomic mass is 9.95. The second-order valence-electron chi connectivity index (χ2n) is 3.01. The average Bonchev–Trinajstić information content (AvgIpc) is 2.05. The first-order valence-corrected chi connectivity index (χ1v) is 4.57. The molecule has 11 heavy (non-hydrogen) atoms. The number of terminal acetylenes is 1. The third kappa shape index (κ3) is 5.98. The van der Waals surface area contributed by atoms with Crippen molar-refractivity contribution < 1.29 is 0 Å². The normalized spacial score (nSPS) is 12.5. The van der Waals surface area contributed by atoms with Gasteiger partial charge < -0.3 is 0 Å². The zero-order valence-corrected chi connectivity index (χ0v) is 7.60. The van der Waals surface area contributed by atoms with Crippen LogP contribution in [0.3, 0.4) is 0 Å². The Bertz CT molecular complexity index is 108. The van der Waals surface area contributed by atoms with Gasteiger partial charge in [-0.1, -0.05) is 39.5 Å². The van der Waals surface area contributed by atoms with Gasteiger partial charge in [-0.05, 0) is 12.3 Å². The molecular weight excluding hydrogens is 132 g/mol. The highest BCUT2D eigenvalue weighted by atomic mass is 14.1. The van der Waals surface area contributed by atoms with Gasteiger partial charge in [-0.25, -0.2) is 0 Å². The highest BCUT2D eigenvalue weighted by molar-refractivity contribution is 4.84. The molecule has 63 valence electrons. The van der Waals surface area contributed by atoms with E-state index < -0.39 is 0 Å². The van der Waals surface area contributed by atoms with Crippen molar-refractivity contribution in [2.24, 2.45) is 5.92 Å². The van der Waals surface area contributed by atoms with E-state index in [0.29, 0.717) is 0 Å². The van der Waals surface area contributed by atoms with Crippen molar-refractivity contribution >= 4 is 0 Å². The van der Waals surface area contributed by atoms with Gasteiger partial charge in [-0.2, -0.15) is 0 Å². The first kappa shape index (κ1) is 10.6. The third-order valence-electron chi connectivity index (χ3n) is 2.14. The summed E-state index contributed by atoms with van der Waals surface area (Å²) >= 11 is 0. The van der Waals surface area contributed by atoms with Crippen molar-refractivity contribution in [2.45, 2.75) is 45.4 Å². The van der Waals surface area contributed by atoms with Gasteiger partial charge in [0.25, 0.3) is 0 Å². The van der Waals surface area contributed by atoms with E-state index in [9.17, 15) is 0 Å². The van der Waals surface area contributed by atoms with Crippen LogP contribution in [0.2, 0.25) is 0 Å². The van der Waals surface area contributed by atoms with Crippen molar-refractivity contribution in [1.82, 2.24) is 0 Å². The molecule has 0 spiro atoms. The molecule has 0 aromatic carbocycles. The maximum absolute atomic E-state index is 5.20. The van der Waals surface area contributed by atoms with E-state index in [1.54, 1.807) is 0 Å². The van der Waals surface area contributed by atoms with Gasteiger partial charge in [0.2, 0.25) is 0 Å². The molecule has 1 unspecified atom stereocenters. The quantitative estimate of drug-likeness (QED) is 0.510. The molecule has 1 atom stereocenters. The zero-order chi connectivity index (χ0) is 8.53. The van der Waals surface area contributed by atoms with Crippen LogP contribution in [-0.4, -0.2) is 0 Å². The molecule has 1 radical (unpaired) electrons. The summed E-state index contributed by atoms with van der Waals surface area (Å²) in [5.41, 5.74) is 0. The van der Waals surface area contributed by atoms with Crippen LogP contribution in [0.15, 0.2) is 0 Å². The lowest BCUT2D eigenvalue weighted by Gasteiger charge is -2.11. The number of rotatable bonds is 6. The topological polar surface area (TPSA) is 0 Å². The average molecular weight is 151 g/mol. The summed E-state index contributed by atoms with van der Waals surface area (Å²) in [5, 5.41) is 0. The molecule has 0 fully saturated rings. The number of hydrogen-bond donors (Lipinski definition) is 0. The summed E-state index contributed by atoms with van der Waals surface area (Å²) in [6.07, 6.45) is 12.2. The van der Waals surface area contributed by atoms with Crippen LogP contribution >= 0.6 is 0 Å². The molecule has 0 rings (SSSR count). The fraction of sp³-hybridized carbons (Fsp3) is 0.727. The van der Waals surface area contributed by atoms with Gasteiger partial charge in [0, 0.05) is 6.42 Å². The van der Waals surface area contributed by atoms with Crippen molar-refractivity contribution in [3.8, 4) is 12.3 Å². The highest BCUT2D eigenvalue weighted by Crippen LogP contribution is 2.17. The Morgan fingerprint density at radius 1 is 1.45 bits per heavy atom. The lowest BCUT2D eigenvalue weighted by molar-refractivity contribution is 0.431. The summed E-state index contributed by atoms with van der Waals surface area (Å²) in [7, 11) is 0. The van der Waals surface area contributed by atoms with Crippen molar-refractivity contribution in [2.75, 3.05) is 0 Å². The smallest absolute Gasteiger partial charge is 0.00886 e. The van der Waals surface area contributed by atoms with E-state index in [1.165, 1.54) is 25.7 Å². The largest absolute Gasteiger partial charge is 0.120 e. The van der Waals surface area contributed by atoms with Gasteiger partial charge >= 0.3 is 0 Å². The van der Waals surface area contributed by atoms with Gasteiger partial charge in [0.15, 0.2) is 0 Å². The van der Waals surface area contributed by atoms with Crippen molar-refractivity contribution in [3.05, 3.63) is 6.92 Å². The molecular formula is C11H19. The molecule has 0 bridgehead atoms. The van der Waals surface area contributed by atoms with E-state index >= 15 is 0 Å². The van der Waals surface area contributed by atoms with Gasteiger partial charge in [0.1, 0.15) is 0 Å². The second kappa shape index (κ2) is 7.66. The molecule has 0 N–H and O–H groups in total. The Hall–Kier alpha value is -0.440. The second-order valence-corrected chi connectivity index (χ2v) is 3.01. The number of unbranched alkanes of at least 4 members (excludes halogenated alkanes) is 1. The summed E-state index contributed by atoms with van der Waals surface area (Å²) in [6, 6.07) is 0. The van der Waals surface area contributed by atoms with Crippen LogP contribution in [0, 0.1) is 25.2 Å². The SMILES string of the molecule is C#CCCC(CC)CCC[CH2]. The summed E-state index contributed by atoms with van der Waals surface area (Å²) < 4.78 is 0. The van der Waals surface area contributed by atoms with Crippen LogP contribution in [0.25, 0.3) is 0 Å². The number of hydrogen-bond acceptors (Lipinski definition) is 0. The van der Waals surface area contributed by atoms with Gasteiger partial charge in [-0.3, -0.25) is 0 Å². The predicted molar refractivity (Wildman–Crippen MR) is 51.1 cm³/mol. The first-order chi connectivity index (χ1) is 5.35. The molecule has 0 aliphatic heterocycles. The molecule has 0 aromatic heterocycles. The zero-order valence-electron chi connectivity index (χ0n) is 7.60. The van der Waals surface area contributed by atoms with Crippen LogP contribution in [0.5, 0.6) is 0 Å². The molecule has 0 amide bonds. The molecule has 0 saturated carbocycles. The lowest BCUT2D eigenvalue weighted by Crippen LogP contribution is -1.97. The molecule has 0 aromatic rings. The Morgan fingerprint density at radius 3 is 2.64 bits per heavy atom. The Kier molecular flexibility index (Phi) is 7.36. The van der Waals surface area contributed by atoms with E-state index in [-0.39, 0.29) is 0 Å². The first-order valence-electron chi connectivity index (χ1n) is 4.57. The van der Waals surface area contributed by atoms with Gasteiger partial charge in [-0.15, -0.1) is 12.3 Å². The maximum Gasteiger partial charge on any atom is 0.00886 e. The van der Waals surface area contributed by atoms with Crippen LogP contribution in [0.4, 0.5) is 0 Å². The highest BCUT2D eigenvalue weighted by Gasteiger charge is 2.03. The Balaban J connectivity index is 3.34. The van der Waals surface area contributed by atoms with Gasteiger partial charge in [0.05, 0.1) is 0 Å². The minimum atomic E-state index is 0.841. The summed E-state index contributed by atoms with van der Waals surface area (Å²) in [6.45, 7) is 6.07. The maximum atomic E-state index is 5.20.